The monoisotopic (exact) mass is 288 g/mol. The molecule has 0 aliphatic carbocycles. The third kappa shape index (κ3) is 2.79. The maximum Gasteiger partial charge on any atom is 0.287 e. The summed E-state index contributed by atoms with van der Waals surface area (Å²) in [5.41, 5.74) is 0.495. The Morgan fingerprint density at radius 2 is 2.19 bits per heavy atom. The molecule has 1 aliphatic rings. The molecule has 0 unspecified atom stereocenters. The first-order chi connectivity index (χ1) is 10.1. The molecule has 0 bridgehead atoms. The maximum absolute atomic E-state index is 13.2. The lowest BCUT2D eigenvalue weighted by atomic mass is 10.2. The predicted molar refractivity (Wildman–Crippen MR) is 73.3 cm³/mol. The maximum atomic E-state index is 13.2. The van der Waals surface area contributed by atoms with Crippen LogP contribution in [0.4, 0.5) is 10.1 Å². The van der Waals surface area contributed by atoms with Gasteiger partial charge in [-0.1, -0.05) is 6.07 Å². The van der Waals surface area contributed by atoms with Gasteiger partial charge in [0, 0.05) is 18.7 Å². The molecule has 108 valence electrons. The van der Waals surface area contributed by atoms with Crippen molar-refractivity contribution in [2.24, 2.45) is 0 Å². The summed E-state index contributed by atoms with van der Waals surface area (Å²) in [6, 6.07) is 8.68. The Hall–Kier alpha value is -2.63. The van der Waals surface area contributed by atoms with Crippen LogP contribution in [0.2, 0.25) is 0 Å². The quantitative estimate of drug-likeness (QED) is 0.939. The summed E-state index contributed by atoms with van der Waals surface area (Å²) in [5.74, 6) is -0.709. The SMILES string of the molecule is O=C(N[C@H]1CC(=O)N(c2cccc(F)c2)C1)c1ccco1. The molecule has 0 spiro atoms. The predicted octanol–water partition coefficient (Wildman–Crippen LogP) is 1.95. The fraction of sp³-hybridized carbons (Fsp3) is 0.200. The summed E-state index contributed by atoms with van der Waals surface area (Å²) in [6.45, 7) is 0.314. The van der Waals surface area contributed by atoms with Gasteiger partial charge in [-0.25, -0.2) is 4.39 Å². The molecule has 2 aromatic rings. The third-order valence-corrected chi connectivity index (χ3v) is 3.33. The fourth-order valence-corrected chi connectivity index (χ4v) is 2.36. The van der Waals surface area contributed by atoms with Crippen LogP contribution in [0, 0.1) is 5.82 Å². The molecule has 1 aromatic heterocycles. The Morgan fingerprint density at radius 1 is 1.33 bits per heavy atom. The van der Waals surface area contributed by atoms with Crippen LogP contribution in [-0.4, -0.2) is 24.4 Å². The van der Waals surface area contributed by atoms with E-state index in [0.717, 1.165) is 0 Å². The normalized spacial score (nSPS) is 18.0. The van der Waals surface area contributed by atoms with E-state index in [4.69, 9.17) is 4.42 Å². The topological polar surface area (TPSA) is 62.6 Å². The van der Waals surface area contributed by atoms with Crippen LogP contribution in [-0.2, 0) is 4.79 Å². The van der Waals surface area contributed by atoms with Crippen molar-refractivity contribution in [3.63, 3.8) is 0 Å². The Labute approximate surface area is 120 Å². The van der Waals surface area contributed by atoms with Gasteiger partial charge in [-0.3, -0.25) is 9.59 Å². The smallest absolute Gasteiger partial charge is 0.287 e. The van der Waals surface area contributed by atoms with E-state index in [1.54, 1.807) is 24.3 Å². The van der Waals surface area contributed by atoms with Crippen molar-refractivity contribution < 1.29 is 18.4 Å². The Kier molecular flexibility index (Phi) is 3.43. The Morgan fingerprint density at radius 3 is 2.90 bits per heavy atom. The van der Waals surface area contributed by atoms with Crippen LogP contribution in [0.3, 0.4) is 0 Å². The Bertz CT molecular complexity index is 669. The molecule has 1 saturated heterocycles. The molecule has 1 fully saturated rings. The number of carbonyl (C=O) groups is 2. The van der Waals surface area contributed by atoms with Gasteiger partial charge in [0.15, 0.2) is 5.76 Å². The number of hydrogen-bond acceptors (Lipinski definition) is 3. The molecule has 6 heteroatoms. The van der Waals surface area contributed by atoms with E-state index in [2.05, 4.69) is 5.32 Å². The van der Waals surface area contributed by atoms with Crippen molar-refractivity contribution in [2.75, 3.05) is 11.4 Å². The minimum absolute atomic E-state index is 0.148. The van der Waals surface area contributed by atoms with Crippen LogP contribution >= 0.6 is 0 Å². The van der Waals surface area contributed by atoms with Crippen molar-refractivity contribution in [3.8, 4) is 0 Å². The lowest BCUT2D eigenvalue weighted by Gasteiger charge is -2.17. The van der Waals surface area contributed by atoms with Crippen LogP contribution < -0.4 is 10.2 Å². The standard InChI is InChI=1S/C15H13FN2O3/c16-10-3-1-4-12(7-10)18-9-11(8-14(18)19)17-15(20)13-5-2-6-21-13/h1-7,11H,8-9H2,(H,17,20)/t11-/m0/s1. The first kappa shape index (κ1) is 13.4. The summed E-state index contributed by atoms with van der Waals surface area (Å²) in [7, 11) is 0. The van der Waals surface area contributed by atoms with Crippen LogP contribution in [0.25, 0.3) is 0 Å². The highest BCUT2D eigenvalue weighted by atomic mass is 19.1. The van der Waals surface area contributed by atoms with Crippen LogP contribution in [0.5, 0.6) is 0 Å². The highest BCUT2D eigenvalue weighted by Crippen LogP contribution is 2.22. The van der Waals surface area contributed by atoms with Gasteiger partial charge in [0.05, 0.1) is 12.3 Å². The molecule has 21 heavy (non-hydrogen) atoms. The molecule has 0 radical (unpaired) electrons. The molecule has 1 N–H and O–H groups in total. The van der Waals surface area contributed by atoms with E-state index < -0.39 is 5.82 Å². The van der Waals surface area contributed by atoms with E-state index in [1.165, 1.54) is 23.3 Å². The molecule has 1 atom stereocenters. The molecule has 2 heterocycles. The minimum atomic E-state index is -0.400. The lowest BCUT2D eigenvalue weighted by Crippen LogP contribution is -2.37. The summed E-state index contributed by atoms with van der Waals surface area (Å²) in [5, 5.41) is 2.74. The van der Waals surface area contributed by atoms with Crippen molar-refractivity contribution >= 4 is 17.5 Å². The van der Waals surface area contributed by atoms with Crippen molar-refractivity contribution in [1.29, 1.82) is 0 Å². The van der Waals surface area contributed by atoms with E-state index in [1.807, 2.05) is 0 Å². The molecule has 0 saturated carbocycles. The zero-order valence-corrected chi connectivity index (χ0v) is 11.1. The Balaban J connectivity index is 1.69. The third-order valence-electron chi connectivity index (χ3n) is 3.33. The zero-order valence-electron chi connectivity index (χ0n) is 11.1. The second-order valence-corrected chi connectivity index (χ2v) is 4.84. The van der Waals surface area contributed by atoms with Crippen molar-refractivity contribution in [3.05, 3.63) is 54.2 Å². The number of amides is 2. The second-order valence-electron chi connectivity index (χ2n) is 4.84. The van der Waals surface area contributed by atoms with Gasteiger partial charge < -0.3 is 14.6 Å². The number of nitrogens with one attached hydrogen (secondary N) is 1. The number of rotatable bonds is 3. The zero-order chi connectivity index (χ0) is 14.8. The van der Waals surface area contributed by atoms with Gasteiger partial charge in [-0.2, -0.15) is 0 Å². The van der Waals surface area contributed by atoms with Gasteiger partial charge in [-0.15, -0.1) is 0 Å². The number of carbonyl (C=O) groups excluding carboxylic acids is 2. The molecular weight excluding hydrogens is 275 g/mol. The van der Waals surface area contributed by atoms with E-state index in [0.29, 0.717) is 12.2 Å². The highest BCUT2D eigenvalue weighted by Gasteiger charge is 2.32. The molecule has 5 nitrogen and oxygen atoms in total. The van der Waals surface area contributed by atoms with E-state index in [9.17, 15) is 14.0 Å². The average molecular weight is 288 g/mol. The average Bonchev–Trinajstić information content (AvgIpc) is 3.08. The number of furan rings is 1. The summed E-state index contributed by atoms with van der Waals surface area (Å²) in [6.07, 6.45) is 1.59. The highest BCUT2D eigenvalue weighted by molar-refractivity contribution is 5.98. The summed E-state index contributed by atoms with van der Waals surface area (Å²) < 4.78 is 18.2. The van der Waals surface area contributed by atoms with Gasteiger partial charge in [0.2, 0.25) is 5.91 Å². The van der Waals surface area contributed by atoms with Crippen LogP contribution in [0.15, 0.2) is 47.1 Å². The molecule has 3 rings (SSSR count). The van der Waals surface area contributed by atoms with Crippen LogP contribution in [0.1, 0.15) is 17.0 Å². The number of anilines is 1. The largest absolute Gasteiger partial charge is 0.459 e. The number of nitrogens with zero attached hydrogens (tertiary/aromatic N) is 1. The van der Waals surface area contributed by atoms with Gasteiger partial charge >= 0.3 is 0 Å². The van der Waals surface area contributed by atoms with Gasteiger partial charge in [0.25, 0.3) is 5.91 Å². The minimum Gasteiger partial charge on any atom is -0.459 e. The van der Waals surface area contributed by atoms with Gasteiger partial charge in [0.1, 0.15) is 5.82 Å². The number of benzene rings is 1. The first-order valence-corrected chi connectivity index (χ1v) is 6.54. The molecule has 2 amide bonds. The lowest BCUT2D eigenvalue weighted by molar-refractivity contribution is -0.117. The summed E-state index contributed by atoms with van der Waals surface area (Å²) in [4.78, 5) is 25.3. The molecular formula is C15H13FN2O3. The number of hydrogen-bond donors (Lipinski definition) is 1. The summed E-state index contributed by atoms with van der Waals surface area (Å²) >= 11 is 0. The van der Waals surface area contributed by atoms with Crippen molar-refractivity contribution in [1.82, 2.24) is 5.32 Å². The number of halogens is 1. The van der Waals surface area contributed by atoms with Crippen molar-refractivity contribution in [2.45, 2.75) is 12.5 Å². The first-order valence-electron chi connectivity index (χ1n) is 6.54. The molecule has 1 aromatic carbocycles. The fourth-order valence-electron chi connectivity index (χ4n) is 2.36. The molecule has 1 aliphatic heterocycles. The van der Waals surface area contributed by atoms with E-state index >= 15 is 0 Å². The van der Waals surface area contributed by atoms with Gasteiger partial charge in [-0.05, 0) is 30.3 Å². The van der Waals surface area contributed by atoms with E-state index in [-0.39, 0.29) is 30.0 Å². The second kappa shape index (κ2) is 5.40.